The molecule has 7 nitrogen and oxygen atoms in total. The summed E-state index contributed by atoms with van der Waals surface area (Å²) in [4.78, 5) is 12.4. The maximum atomic E-state index is 12.4. The van der Waals surface area contributed by atoms with Crippen molar-refractivity contribution in [1.29, 1.82) is 0 Å². The molecular formula is C24H28N4O3S. The van der Waals surface area contributed by atoms with Crippen molar-refractivity contribution in [2.24, 2.45) is 0 Å². The zero-order valence-corrected chi connectivity index (χ0v) is 19.6. The van der Waals surface area contributed by atoms with Crippen LogP contribution in [0, 0.1) is 13.8 Å². The Kier molecular flexibility index (Phi) is 7.94. The fourth-order valence-electron chi connectivity index (χ4n) is 3.18. The van der Waals surface area contributed by atoms with Crippen LogP contribution in [0.2, 0.25) is 0 Å². The molecule has 8 heteroatoms. The topological polar surface area (TPSA) is 78.3 Å². The Morgan fingerprint density at radius 3 is 2.62 bits per heavy atom. The van der Waals surface area contributed by atoms with Crippen LogP contribution in [-0.4, -0.2) is 33.5 Å². The number of methoxy groups -OCH3 is 1. The minimum atomic E-state index is -0.314. The molecule has 1 aromatic heterocycles. The molecule has 0 fully saturated rings. The summed E-state index contributed by atoms with van der Waals surface area (Å²) >= 11 is 1.32. The molecule has 0 bridgehead atoms. The molecule has 0 spiro atoms. The van der Waals surface area contributed by atoms with Crippen molar-refractivity contribution < 1.29 is 14.3 Å². The van der Waals surface area contributed by atoms with Gasteiger partial charge in [-0.25, -0.2) is 0 Å². The van der Waals surface area contributed by atoms with Gasteiger partial charge in [0.1, 0.15) is 11.5 Å². The Morgan fingerprint density at radius 1 is 1.22 bits per heavy atom. The van der Waals surface area contributed by atoms with Crippen LogP contribution in [0.15, 0.2) is 60.3 Å². The van der Waals surface area contributed by atoms with Gasteiger partial charge in [0, 0.05) is 12.2 Å². The highest BCUT2D eigenvalue weighted by molar-refractivity contribution is 7.99. The number of hydrogen-bond donors (Lipinski definition) is 1. The van der Waals surface area contributed by atoms with Crippen molar-refractivity contribution in [3.8, 4) is 11.5 Å². The molecule has 1 amide bonds. The SMILES string of the molecule is C=CCn1c(SCC(=O)Nc2ccc(OC)cc2)nnc1C(C)Oc1ccc(C)cc1C. The molecule has 1 N–H and O–H groups in total. The number of aryl methyl sites for hydroxylation is 2. The van der Waals surface area contributed by atoms with E-state index in [4.69, 9.17) is 9.47 Å². The highest BCUT2D eigenvalue weighted by Gasteiger charge is 2.20. The first kappa shape index (κ1) is 23.4. The van der Waals surface area contributed by atoms with Gasteiger partial charge in [-0.3, -0.25) is 9.36 Å². The highest BCUT2D eigenvalue weighted by atomic mass is 32.2. The fourth-order valence-corrected chi connectivity index (χ4v) is 3.94. The third-order valence-corrected chi connectivity index (χ3v) is 5.73. The second-order valence-corrected chi connectivity index (χ2v) is 8.28. The van der Waals surface area contributed by atoms with E-state index in [1.807, 2.05) is 30.5 Å². The van der Waals surface area contributed by atoms with Gasteiger partial charge >= 0.3 is 0 Å². The minimum absolute atomic E-state index is 0.130. The van der Waals surface area contributed by atoms with Crippen LogP contribution in [-0.2, 0) is 11.3 Å². The van der Waals surface area contributed by atoms with Crippen molar-refractivity contribution in [3.63, 3.8) is 0 Å². The van der Waals surface area contributed by atoms with E-state index in [2.05, 4.69) is 35.1 Å². The van der Waals surface area contributed by atoms with E-state index >= 15 is 0 Å². The summed E-state index contributed by atoms with van der Waals surface area (Å²) in [7, 11) is 1.60. The molecule has 3 aromatic rings. The first-order valence-corrected chi connectivity index (χ1v) is 11.2. The molecule has 1 atom stereocenters. The van der Waals surface area contributed by atoms with Gasteiger partial charge in [-0.1, -0.05) is 35.5 Å². The summed E-state index contributed by atoms with van der Waals surface area (Å²) in [6, 6.07) is 13.3. The number of nitrogens with zero attached hydrogens (tertiary/aromatic N) is 3. The quantitative estimate of drug-likeness (QED) is 0.346. The van der Waals surface area contributed by atoms with Gasteiger partial charge in [0.05, 0.1) is 12.9 Å². The number of amides is 1. The van der Waals surface area contributed by atoms with Crippen LogP contribution in [0.3, 0.4) is 0 Å². The monoisotopic (exact) mass is 452 g/mol. The van der Waals surface area contributed by atoms with Crippen LogP contribution in [0.5, 0.6) is 11.5 Å². The number of benzene rings is 2. The lowest BCUT2D eigenvalue weighted by Crippen LogP contribution is -2.15. The van der Waals surface area contributed by atoms with E-state index in [9.17, 15) is 4.79 Å². The normalized spacial score (nSPS) is 11.6. The largest absolute Gasteiger partial charge is 0.497 e. The predicted octanol–water partition coefficient (Wildman–Crippen LogP) is 4.96. The lowest BCUT2D eigenvalue weighted by molar-refractivity contribution is -0.113. The summed E-state index contributed by atoms with van der Waals surface area (Å²) in [6.45, 7) is 10.4. The molecule has 0 aliphatic rings. The molecule has 0 saturated heterocycles. The number of anilines is 1. The molecule has 1 heterocycles. The Bertz CT molecular complexity index is 1080. The summed E-state index contributed by atoms with van der Waals surface area (Å²) < 4.78 is 13.2. The Balaban J connectivity index is 1.66. The Labute approximate surface area is 192 Å². The van der Waals surface area contributed by atoms with E-state index in [0.717, 1.165) is 17.1 Å². The van der Waals surface area contributed by atoms with Crippen molar-refractivity contribution in [2.45, 2.75) is 38.6 Å². The van der Waals surface area contributed by atoms with E-state index in [1.54, 1.807) is 37.5 Å². The molecule has 0 aliphatic heterocycles. The minimum Gasteiger partial charge on any atom is -0.497 e. The number of carbonyl (C=O) groups is 1. The number of carbonyl (C=O) groups excluding carboxylic acids is 1. The lowest BCUT2D eigenvalue weighted by Gasteiger charge is -2.17. The third kappa shape index (κ3) is 5.91. The van der Waals surface area contributed by atoms with Crippen LogP contribution in [0.4, 0.5) is 5.69 Å². The summed E-state index contributed by atoms with van der Waals surface area (Å²) in [5, 5.41) is 12.1. The van der Waals surface area contributed by atoms with Crippen LogP contribution in [0.25, 0.3) is 0 Å². The van der Waals surface area contributed by atoms with Gasteiger partial charge in [0.2, 0.25) is 5.91 Å². The number of rotatable bonds is 10. The molecular weight excluding hydrogens is 424 g/mol. The van der Waals surface area contributed by atoms with Crippen molar-refractivity contribution in [2.75, 3.05) is 18.2 Å². The number of hydrogen-bond acceptors (Lipinski definition) is 6. The van der Waals surface area contributed by atoms with Crippen molar-refractivity contribution in [1.82, 2.24) is 14.8 Å². The number of nitrogens with one attached hydrogen (secondary N) is 1. The molecule has 1 unspecified atom stereocenters. The molecule has 2 aromatic carbocycles. The number of aromatic nitrogens is 3. The summed E-state index contributed by atoms with van der Waals surface area (Å²) in [5.74, 6) is 2.30. The molecule has 168 valence electrons. The average molecular weight is 453 g/mol. The van der Waals surface area contributed by atoms with Gasteiger partial charge in [-0.15, -0.1) is 16.8 Å². The van der Waals surface area contributed by atoms with Gasteiger partial charge in [-0.2, -0.15) is 0 Å². The predicted molar refractivity (Wildman–Crippen MR) is 128 cm³/mol. The molecule has 0 radical (unpaired) electrons. The smallest absolute Gasteiger partial charge is 0.234 e. The van der Waals surface area contributed by atoms with E-state index in [-0.39, 0.29) is 17.8 Å². The fraction of sp³-hybridized carbons (Fsp3) is 0.292. The van der Waals surface area contributed by atoms with Gasteiger partial charge in [0.15, 0.2) is 17.1 Å². The highest BCUT2D eigenvalue weighted by Crippen LogP contribution is 2.27. The molecule has 32 heavy (non-hydrogen) atoms. The number of thioether (sulfide) groups is 1. The van der Waals surface area contributed by atoms with Gasteiger partial charge in [0.25, 0.3) is 0 Å². The van der Waals surface area contributed by atoms with E-state index < -0.39 is 0 Å². The third-order valence-electron chi connectivity index (χ3n) is 4.76. The van der Waals surface area contributed by atoms with Gasteiger partial charge < -0.3 is 14.8 Å². The molecule has 0 saturated carbocycles. The maximum absolute atomic E-state index is 12.4. The number of ether oxygens (including phenoxy) is 2. The van der Waals surface area contributed by atoms with Crippen LogP contribution < -0.4 is 14.8 Å². The summed E-state index contributed by atoms with van der Waals surface area (Å²) in [5.41, 5.74) is 2.96. The van der Waals surface area contributed by atoms with E-state index in [0.29, 0.717) is 23.2 Å². The van der Waals surface area contributed by atoms with Crippen LogP contribution >= 0.6 is 11.8 Å². The van der Waals surface area contributed by atoms with Crippen molar-refractivity contribution in [3.05, 3.63) is 72.1 Å². The first-order chi connectivity index (χ1) is 15.4. The summed E-state index contributed by atoms with van der Waals surface area (Å²) in [6.07, 6.45) is 1.46. The van der Waals surface area contributed by atoms with Gasteiger partial charge in [-0.05, 0) is 56.7 Å². The molecule has 3 rings (SSSR count). The Morgan fingerprint density at radius 2 is 1.97 bits per heavy atom. The average Bonchev–Trinajstić information content (AvgIpc) is 3.18. The zero-order valence-electron chi connectivity index (χ0n) is 18.8. The number of allylic oxidation sites excluding steroid dienone is 1. The molecule has 0 aliphatic carbocycles. The zero-order chi connectivity index (χ0) is 23.1. The standard InChI is InChI=1S/C24H28N4O3S/c1-6-13-28-23(18(4)31-21-12-7-16(2)14-17(21)3)26-27-24(28)32-15-22(29)25-19-8-10-20(30-5)11-9-19/h6-12,14,18H,1,13,15H2,2-5H3,(H,25,29). The van der Waals surface area contributed by atoms with Crippen LogP contribution in [0.1, 0.15) is 30.0 Å². The Hall–Kier alpha value is -3.26. The first-order valence-electron chi connectivity index (χ1n) is 10.3. The van der Waals surface area contributed by atoms with Crippen molar-refractivity contribution >= 4 is 23.4 Å². The maximum Gasteiger partial charge on any atom is 0.234 e. The second kappa shape index (κ2) is 10.9. The van der Waals surface area contributed by atoms with E-state index in [1.165, 1.54) is 17.3 Å². The lowest BCUT2D eigenvalue weighted by atomic mass is 10.1. The second-order valence-electron chi connectivity index (χ2n) is 7.33.